The number of carbonyl (C=O) groups excluding carboxylic acids is 1. The number of aldehydes is 1. The summed E-state index contributed by atoms with van der Waals surface area (Å²) in [6.07, 6.45) is 0.165. The molecule has 2 aromatic carbocycles. The lowest BCUT2D eigenvalue weighted by Gasteiger charge is -2.23. The van der Waals surface area contributed by atoms with Crippen molar-refractivity contribution in [2.24, 2.45) is 4.99 Å². The molecular weight excluding hydrogens is 274 g/mol. The smallest absolute Gasteiger partial charge is 0.222 e. The molecule has 20 heavy (non-hydrogen) atoms. The molecule has 1 heterocycles. The maximum Gasteiger partial charge on any atom is 0.222 e. The van der Waals surface area contributed by atoms with Gasteiger partial charge in [0, 0.05) is 17.0 Å². The number of nitrogens with zero attached hydrogens (tertiary/aromatic N) is 1. The molecule has 1 aliphatic heterocycles. The predicted octanol–water partition coefficient (Wildman–Crippen LogP) is 3.77. The number of fused-ring (bicyclic) bond motifs is 1. The van der Waals surface area contributed by atoms with Gasteiger partial charge in [0.25, 0.3) is 0 Å². The molecule has 0 spiro atoms. The van der Waals surface area contributed by atoms with Crippen molar-refractivity contribution in [2.75, 3.05) is 0 Å². The third-order valence-electron chi connectivity index (χ3n) is 3.22. The first-order chi connectivity index (χ1) is 9.83. The van der Waals surface area contributed by atoms with E-state index in [9.17, 15) is 4.79 Å². The van der Waals surface area contributed by atoms with Crippen LogP contribution in [0, 0.1) is 0 Å². The lowest BCUT2D eigenvalue weighted by molar-refractivity contribution is -0.114. The van der Waals surface area contributed by atoms with Crippen molar-refractivity contribution in [2.45, 2.75) is 12.0 Å². The van der Waals surface area contributed by atoms with E-state index in [1.165, 1.54) is 0 Å². The molecule has 3 nitrogen and oxygen atoms in total. The minimum atomic E-state index is -0.623. The zero-order valence-electron chi connectivity index (χ0n) is 10.6. The number of halogens is 1. The lowest BCUT2D eigenvalue weighted by atomic mass is 10.0. The summed E-state index contributed by atoms with van der Waals surface area (Å²) in [5.74, 6) is 0.809. The summed E-state index contributed by atoms with van der Waals surface area (Å²) in [6.45, 7) is 0. The van der Waals surface area contributed by atoms with Crippen LogP contribution < -0.4 is 0 Å². The highest BCUT2D eigenvalue weighted by Gasteiger charge is 2.24. The molecule has 4 heteroatoms. The Kier molecular flexibility index (Phi) is 3.52. The third kappa shape index (κ3) is 2.21. The first-order valence-electron chi connectivity index (χ1n) is 6.27. The van der Waals surface area contributed by atoms with Gasteiger partial charge in [0.1, 0.15) is 0 Å². The number of carbonyl (C=O) groups is 1. The summed E-state index contributed by atoms with van der Waals surface area (Å²) in [5, 5.41) is 0. The molecule has 0 saturated carbocycles. The Labute approximate surface area is 121 Å². The van der Waals surface area contributed by atoms with E-state index in [-0.39, 0.29) is 0 Å². The van der Waals surface area contributed by atoms with E-state index < -0.39 is 6.10 Å². The van der Waals surface area contributed by atoms with Gasteiger partial charge in [-0.1, -0.05) is 36.4 Å². The molecule has 1 atom stereocenters. The third-order valence-corrected chi connectivity index (χ3v) is 3.51. The van der Waals surface area contributed by atoms with Gasteiger partial charge >= 0.3 is 0 Å². The van der Waals surface area contributed by atoms with Gasteiger partial charge in [0.15, 0.2) is 12.4 Å². The number of aliphatic imine (C=N–C) groups is 1. The second kappa shape index (κ2) is 5.47. The summed E-state index contributed by atoms with van der Waals surface area (Å²) in [6, 6.07) is 15.1. The number of para-hydroxylation sites is 1. The van der Waals surface area contributed by atoms with E-state index in [0.29, 0.717) is 11.8 Å². The number of alkyl halides is 1. The summed E-state index contributed by atoms with van der Waals surface area (Å²) in [7, 11) is 0. The molecule has 0 saturated heterocycles. The largest absolute Gasteiger partial charge is 0.461 e. The number of ether oxygens (including phenoxy) is 1. The molecule has 0 fully saturated rings. The fourth-order valence-electron chi connectivity index (χ4n) is 2.22. The Bertz CT molecular complexity index is 682. The summed E-state index contributed by atoms with van der Waals surface area (Å²) >= 11 is 5.94. The first-order valence-corrected chi connectivity index (χ1v) is 6.80. The maximum atomic E-state index is 11.2. The van der Waals surface area contributed by atoms with E-state index in [4.69, 9.17) is 16.3 Å². The monoisotopic (exact) mass is 285 g/mol. The van der Waals surface area contributed by atoms with Gasteiger partial charge in [0.05, 0.1) is 5.69 Å². The van der Waals surface area contributed by atoms with Gasteiger partial charge in [-0.3, -0.25) is 4.79 Å². The van der Waals surface area contributed by atoms with Crippen LogP contribution in [-0.4, -0.2) is 12.2 Å². The van der Waals surface area contributed by atoms with E-state index in [0.717, 1.165) is 28.7 Å². The Morgan fingerprint density at radius 1 is 1.15 bits per heavy atom. The zero-order valence-corrected chi connectivity index (χ0v) is 11.4. The molecule has 0 aromatic heterocycles. The SMILES string of the molecule is O=CC1OC(c2ccccc2CCl)=Nc2ccccc21. The minimum absolute atomic E-state index is 0.367. The van der Waals surface area contributed by atoms with Gasteiger partial charge in [-0.05, 0) is 17.7 Å². The average molecular weight is 286 g/mol. The molecule has 0 N–H and O–H groups in total. The average Bonchev–Trinajstić information content (AvgIpc) is 2.53. The molecule has 0 aliphatic carbocycles. The molecule has 100 valence electrons. The molecule has 0 amide bonds. The van der Waals surface area contributed by atoms with Gasteiger partial charge in [-0.2, -0.15) is 0 Å². The minimum Gasteiger partial charge on any atom is -0.461 e. The van der Waals surface area contributed by atoms with Crippen LogP contribution in [0.25, 0.3) is 0 Å². The van der Waals surface area contributed by atoms with E-state index in [1.807, 2.05) is 48.5 Å². The molecule has 3 rings (SSSR count). The number of hydrogen-bond acceptors (Lipinski definition) is 3. The molecular formula is C16H12ClNO2. The highest BCUT2D eigenvalue weighted by molar-refractivity contribution is 6.17. The Hall–Kier alpha value is -2.13. The fraction of sp³-hybridized carbons (Fsp3) is 0.125. The van der Waals surface area contributed by atoms with Crippen molar-refractivity contribution in [3.63, 3.8) is 0 Å². The molecule has 2 aromatic rings. The van der Waals surface area contributed by atoms with Gasteiger partial charge in [-0.25, -0.2) is 4.99 Å². The maximum absolute atomic E-state index is 11.2. The first kappa shape index (κ1) is 12.9. The number of rotatable bonds is 3. The molecule has 1 unspecified atom stereocenters. The van der Waals surface area contributed by atoms with Crippen molar-refractivity contribution in [1.29, 1.82) is 0 Å². The fourth-order valence-corrected chi connectivity index (χ4v) is 2.45. The van der Waals surface area contributed by atoms with Crippen molar-refractivity contribution in [1.82, 2.24) is 0 Å². The van der Waals surface area contributed by atoms with Crippen molar-refractivity contribution in [3.05, 3.63) is 65.2 Å². The van der Waals surface area contributed by atoms with Gasteiger partial charge < -0.3 is 4.74 Å². The van der Waals surface area contributed by atoms with Crippen LogP contribution in [0.5, 0.6) is 0 Å². The van der Waals surface area contributed by atoms with E-state index in [1.54, 1.807) is 0 Å². The number of benzene rings is 2. The van der Waals surface area contributed by atoms with Crippen LogP contribution in [0.3, 0.4) is 0 Å². The van der Waals surface area contributed by atoms with Gasteiger partial charge in [-0.15, -0.1) is 11.6 Å². The second-order valence-electron chi connectivity index (χ2n) is 4.44. The standard InChI is InChI=1S/C16H12ClNO2/c17-9-11-5-1-2-6-12(11)16-18-14-8-4-3-7-13(14)15(10-19)20-16/h1-8,10,15H,9H2. The highest BCUT2D eigenvalue weighted by Crippen LogP contribution is 2.33. The van der Waals surface area contributed by atoms with Crippen LogP contribution >= 0.6 is 11.6 Å². The summed E-state index contributed by atoms with van der Waals surface area (Å²) in [5.41, 5.74) is 3.30. The molecule has 0 bridgehead atoms. The molecule has 0 radical (unpaired) electrons. The topological polar surface area (TPSA) is 38.7 Å². The number of hydrogen-bond donors (Lipinski definition) is 0. The lowest BCUT2D eigenvalue weighted by Crippen LogP contribution is -2.18. The van der Waals surface area contributed by atoms with Gasteiger partial charge in [0.2, 0.25) is 5.90 Å². The van der Waals surface area contributed by atoms with Crippen LogP contribution in [0.15, 0.2) is 53.5 Å². The normalized spacial score (nSPS) is 16.9. The van der Waals surface area contributed by atoms with Crippen LogP contribution in [0.4, 0.5) is 5.69 Å². The Morgan fingerprint density at radius 3 is 2.70 bits per heavy atom. The summed E-state index contributed by atoms with van der Waals surface area (Å²) < 4.78 is 5.71. The predicted molar refractivity (Wildman–Crippen MR) is 78.5 cm³/mol. The Morgan fingerprint density at radius 2 is 1.90 bits per heavy atom. The van der Waals surface area contributed by atoms with E-state index >= 15 is 0 Å². The zero-order chi connectivity index (χ0) is 13.9. The van der Waals surface area contributed by atoms with Crippen molar-refractivity contribution >= 4 is 29.5 Å². The molecule has 1 aliphatic rings. The van der Waals surface area contributed by atoms with Crippen molar-refractivity contribution < 1.29 is 9.53 Å². The second-order valence-corrected chi connectivity index (χ2v) is 4.71. The quantitative estimate of drug-likeness (QED) is 0.636. The summed E-state index contributed by atoms with van der Waals surface area (Å²) in [4.78, 5) is 15.7. The highest BCUT2D eigenvalue weighted by atomic mass is 35.5. The van der Waals surface area contributed by atoms with Crippen molar-refractivity contribution in [3.8, 4) is 0 Å². The van der Waals surface area contributed by atoms with Crippen LogP contribution in [-0.2, 0) is 15.4 Å². The Balaban J connectivity index is 2.12. The van der Waals surface area contributed by atoms with Crippen LogP contribution in [0.1, 0.15) is 22.8 Å². The van der Waals surface area contributed by atoms with E-state index in [2.05, 4.69) is 4.99 Å². The van der Waals surface area contributed by atoms with Crippen LogP contribution in [0.2, 0.25) is 0 Å².